The molecule has 1 aliphatic carbocycles. The molecule has 0 unspecified atom stereocenters. The van der Waals surface area contributed by atoms with Gasteiger partial charge in [0.2, 0.25) is 0 Å². The second kappa shape index (κ2) is 4.35. The predicted molar refractivity (Wildman–Crippen MR) is 61.4 cm³/mol. The Bertz CT molecular complexity index is 384. The van der Waals surface area contributed by atoms with Gasteiger partial charge in [-0.3, -0.25) is 0 Å². The summed E-state index contributed by atoms with van der Waals surface area (Å²) in [6, 6.07) is 7.82. The lowest BCUT2D eigenvalue weighted by Crippen LogP contribution is -2.07. The first kappa shape index (κ1) is 10.0. The molecular weight excluding hydrogens is 184 g/mol. The normalized spacial score (nSPS) is 17.3. The molecule has 0 atom stereocenters. The van der Waals surface area contributed by atoms with Gasteiger partial charge in [0.1, 0.15) is 0 Å². The van der Waals surface area contributed by atoms with Crippen LogP contribution in [0.3, 0.4) is 0 Å². The number of hydrogen-bond donors (Lipinski definition) is 1. The molecule has 0 radical (unpaired) electrons. The van der Waals surface area contributed by atoms with Crippen molar-refractivity contribution in [3.8, 4) is 6.07 Å². The molecule has 0 bridgehead atoms. The Balaban J connectivity index is 2.24. The Hall–Kier alpha value is -1.49. The first-order valence-corrected chi connectivity index (χ1v) is 5.61. The van der Waals surface area contributed by atoms with Crippen LogP contribution in [0.1, 0.15) is 49.1 Å². The van der Waals surface area contributed by atoms with Crippen LogP contribution in [-0.2, 0) is 0 Å². The van der Waals surface area contributed by atoms with E-state index in [-0.39, 0.29) is 0 Å². The van der Waals surface area contributed by atoms with Gasteiger partial charge < -0.3 is 5.73 Å². The molecule has 0 spiro atoms. The average Bonchev–Trinajstić information content (AvgIpc) is 2.30. The van der Waals surface area contributed by atoms with Gasteiger partial charge in [0.15, 0.2) is 0 Å². The second-order valence-corrected chi connectivity index (χ2v) is 4.29. The van der Waals surface area contributed by atoms with E-state index in [2.05, 4.69) is 6.07 Å². The van der Waals surface area contributed by atoms with E-state index in [1.165, 1.54) is 37.7 Å². The van der Waals surface area contributed by atoms with Crippen molar-refractivity contribution >= 4 is 5.69 Å². The number of anilines is 1. The van der Waals surface area contributed by atoms with Crippen molar-refractivity contribution in [1.29, 1.82) is 5.26 Å². The van der Waals surface area contributed by atoms with Crippen molar-refractivity contribution in [1.82, 2.24) is 0 Å². The van der Waals surface area contributed by atoms with Crippen molar-refractivity contribution in [2.75, 3.05) is 5.73 Å². The molecule has 0 aliphatic heterocycles. The van der Waals surface area contributed by atoms with Crippen LogP contribution in [0.2, 0.25) is 0 Å². The molecule has 1 aromatic rings. The maximum atomic E-state index is 8.76. The number of hydrogen-bond acceptors (Lipinski definition) is 2. The Morgan fingerprint density at radius 2 is 1.93 bits per heavy atom. The summed E-state index contributed by atoms with van der Waals surface area (Å²) in [5.74, 6) is 0.617. The number of nitrogen functional groups attached to an aromatic ring is 1. The van der Waals surface area contributed by atoms with Crippen LogP contribution in [0.15, 0.2) is 18.2 Å². The molecule has 0 amide bonds. The van der Waals surface area contributed by atoms with E-state index in [1.54, 1.807) is 6.07 Å². The molecule has 2 heteroatoms. The first-order valence-electron chi connectivity index (χ1n) is 5.61. The summed E-state index contributed by atoms with van der Waals surface area (Å²) in [5.41, 5.74) is 8.67. The van der Waals surface area contributed by atoms with Gasteiger partial charge in [-0.05, 0) is 36.5 Å². The standard InChI is InChI=1S/C13H16N2/c14-9-10-6-7-12(13(15)8-10)11-4-2-1-3-5-11/h6-8,11H,1-5,15H2. The van der Waals surface area contributed by atoms with Gasteiger partial charge in [-0.1, -0.05) is 25.3 Å². The van der Waals surface area contributed by atoms with Crippen molar-refractivity contribution in [2.24, 2.45) is 0 Å². The van der Waals surface area contributed by atoms with E-state index < -0.39 is 0 Å². The Morgan fingerprint density at radius 1 is 1.20 bits per heavy atom. The van der Waals surface area contributed by atoms with Crippen LogP contribution in [-0.4, -0.2) is 0 Å². The third-order valence-electron chi connectivity index (χ3n) is 3.26. The van der Waals surface area contributed by atoms with Crippen LogP contribution in [0.5, 0.6) is 0 Å². The highest BCUT2D eigenvalue weighted by Gasteiger charge is 2.17. The summed E-state index contributed by atoms with van der Waals surface area (Å²) in [4.78, 5) is 0. The highest BCUT2D eigenvalue weighted by molar-refractivity contribution is 5.53. The fourth-order valence-electron chi connectivity index (χ4n) is 2.43. The summed E-state index contributed by atoms with van der Waals surface area (Å²) in [5, 5.41) is 8.76. The fraction of sp³-hybridized carbons (Fsp3) is 0.462. The molecular formula is C13H16N2. The summed E-state index contributed by atoms with van der Waals surface area (Å²) in [6.07, 6.45) is 6.47. The lowest BCUT2D eigenvalue weighted by Gasteiger charge is -2.23. The maximum absolute atomic E-state index is 8.76. The van der Waals surface area contributed by atoms with Crippen molar-refractivity contribution in [3.05, 3.63) is 29.3 Å². The van der Waals surface area contributed by atoms with E-state index in [0.29, 0.717) is 11.5 Å². The molecule has 0 saturated heterocycles. The molecule has 1 aliphatic rings. The van der Waals surface area contributed by atoms with Gasteiger partial charge in [-0.25, -0.2) is 0 Å². The molecule has 2 rings (SSSR count). The van der Waals surface area contributed by atoms with Gasteiger partial charge in [0, 0.05) is 5.69 Å². The fourth-order valence-corrected chi connectivity index (χ4v) is 2.43. The quantitative estimate of drug-likeness (QED) is 0.708. The molecule has 2 N–H and O–H groups in total. The zero-order chi connectivity index (χ0) is 10.7. The minimum atomic E-state index is 0.617. The van der Waals surface area contributed by atoms with Gasteiger partial charge in [-0.15, -0.1) is 0 Å². The number of rotatable bonds is 1. The van der Waals surface area contributed by atoms with E-state index in [9.17, 15) is 0 Å². The molecule has 1 saturated carbocycles. The molecule has 1 fully saturated rings. The Kier molecular flexibility index (Phi) is 2.91. The third kappa shape index (κ3) is 2.12. The number of nitriles is 1. The van der Waals surface area contributed by atoms with Crippen molar-refractivity contribution in [2.45, 2.75) is 38.0 Å². The zero-order valence-electron chi connectivity index (χ0n) is 8.87. The van der Waals surface area contributed by atoms with E-state index >= 15 is 0 Å². The van der Waals surface area contributed by atoms with Crippen molar-refractivity contribution in [3.63, 3.8) is 0 Å². The highest BCUT2D eigenvalue weighted by Crippen LogP contribution is 2.35. The molecule has 78 valence electrons. The minimum absolute atomic E-state index is 0.617. The van der Waals surface area contributed by atoms with Crippen LogP contribution < -0.4 is 5.73 Å². The summed E-state index contributed by atoms with van der Waals surface area (Å²) >= 11 is 0. The molecule has 0 heterocycles. The Morgan fingerprint density at radius 3 is 2.53 bits per heavy atom. The molecule has 0 aromatic heterocycles. The summed E-state index contributed by atoms with van der Waals surface area (Å²) in [6.45, 7) is 0. The smallest absolute Gasteiger partial charge is 0.0992 e. The lowest BCUT2D eigenvalue weighted by molar-refractivity contribution is 0.444. The summed E-state index contributed by atoms with van der Waals surface area (Å²) in [7, 11) is 0. The van der Waals surface area contributed by atoms with Gasteiger partial charge in [-0.2, -0.15) is 5.26 Å². The molecule has 15 heavy (non-hydrogen) atoms. The summed E-state index contributed by atoms with van der Waals surface area (Å²) < 4.78 is 0. The van der Waals surface area contributed by atoms with Gasteiger partial charge in [0.05, 0.1) is 11.6 Å². The average molecular weight is 200 g/mol. The van der Waals surface area contributed by atoms with Crippen molar-refractivity contribution < 1.29 is 0 Å². The first-order chi connectivity index (χ1) is 7.31. The SMILES string of the molecule is N#Cc1ccc(C2CCCCC2)c(N)c1. The monoisotopic (exact) mass is 200 g/mol. The molecule has 1 aromatic carbocycles. The largest absolute Gasteiger partial charge is 0.398 e. The topological polar surface area (TPSA) is 49.8 Å². The highest BCUT2D eigenvalue weighted by atomic mass is 14.6. The zero-order valence-corrected chi connectivity index (χ0v) is 8.87. The number of nitrogens with two attached hydrogens (primary N) is 1. The third-order valence-corrected chi connectivity index (χ3v) is 3.26. The number of benzene rings is 1. The number of nitrogens with zero attached hydrogens (tertiary/aromatic N) is 1. The minimum Gasteiger partial charge on any atom is -0.398 e. The van der Waals surface area contributed by atoms with E-state index in [1.807, 2.05) is 12.1 Å². The van der Waals surface area contributed by atoms with Crippen LogP contribution in [0.4, 0.5) is 5.69 Å². The lowest BCUT2D eigenvalue weighted by atomic mass is 9.83. The maximum Gasteiger partial charge on any atom is 0.0992 e. The van der Waals surface area contributed by atoms with Crippen LogP contribution >= 0.6 is 0 Å². The van der Waals surface area contributed by atoms with Crippen LogP contribution in [0.25, 0.3) is 0 Å². The second-order valence-electron chi connectivity index (χ2n) is 4.29. The molecule has 2 nitrogen and oxygen atoms in total. The predicted octanol–water partition coefficient (Wildman–Crippen LogP) is 3.19. The Labute approximate surface area is 90.7 Å². The van der Waals surface area contributed by atoms with E-state index in [0.717, 1.165) is 5.69 Å². The van der Waals surface area contributed by atoms with Gasteiger partial charge >= 0.3 is 0 Å². The van der Waals surface area contributed by atoms with E-state index in [4.69, 9.17) is 11.0 Å². The van der Waals surface area contributed by atoms with Crippen LogP contribution in [0, 0.1) is 11.3 Å². The van der Waals surface area contributed by atoms with Gasteiger partial charge in [0.25, 0.3) is 0 Å².